The van der Waals surface area contributed by atoms with Gasteiger partial charge in [0.05, 0.1) is 11.3 Å². The van der Waals surface area contributed by atoms with Crippen LogP contribution in [0.15, 0.2) is 24.3 Å². The average molecular weight is 322 g/mol. The van der Waals surface area contributed by atoms with Gasteiger partial charge in [0.15, 0.2) is 5.88 Å². The molecule has 1 saturated carbocycles. The molecule has 3 atom stereocenters. The van der Waals surface area contributed by atoms with E-state index in [2.05, 4.69) is 30.1 Å². The number of hydrogen-bond acceptors (Lipinski definition) is 2. The Morgan fingerprint density at radius 3 is 2.67 bits per heavy atom. The van der Waals surface area contributed by atoms with Crippen molar-refractivity contribution in [3.8, 4) is 23.0 Å². The van der Waals surface area contributed by atoms with Gasteiger partial charge < -0.3 is 15.2 Å². The molecular weight excluding hydrogens is 300 g/mol. The molecule has 0 aliphatic heterocycles. The molecule has 2 aliphatic carbocycles. The first kappa shape index (κ1) is 14.0. The summed E-state index contributed by atoms with van der Waals surface area (Å²) in [5.41, 5.74) is 5.17. The zero-order valence-electron chi connectivity index (χ0n) is 14.0. The van der Waals surface area contributed by atoms with Crippen molar-refractivity contribution in [2.75, 3.05) is 0 Å². The highest BCUT2D eigenvalue weighted by Crippen LogP contribution is 2.60. The molecule has 2 heterocycles. The Kier molecular flexibility index (Phi) is 2.68. The molecule has 0 radical (unpaired) electrons. The Hall–Kier alpha value is -2.36. The van der Waals surface area contributed by atoms with E-state index in [1.807, 2.05) is 6.07 Å². The molecule has 1 fully saturated rings. The predicted octanol–water partition coefficient (Wildman–Crippen LogP) is 4.59. The second-order valence-electron chi connectivity index (χ2n) is 7.59. The lowest BCUT2D eigenvalue weighted by molar-refractivity contribution is 0.297. The molecule has 0 saturated heterocycles. The molecule has 2 aliphatic rings. The highest BCUT2D eigenvalue weighted by Gasteiger charge is 2.43. The first-order valence-corrected chi connectivity index (χ1v) is 8.79. The third-order valence-corrected chi connectivity index (χ3v) is 6.22. The van der Waals surface area contributed by atoms with Crippen LogP contribution >= 0.6 is 0 Å². The molecule has 1 aromatic carbocycles. The summed E-state index contributed by atoms with van der Waals surface area (Å²) in [6.45, 7) is 2.32. The predicted molar refractivity (Wildman–Crippen MR) is 94.5 cm³/mol. The van der Waals surface area contributed by atoms with Crippen molar-refractivity contribution >= 4 is 10.9 Å². The summed E-state index contributed by atoms with van der Waals surface area (Å²) in [7, 11) is 1.73. The van der Waals surface area contributed by atoms with Gasteiger partial charge in [0.25, 0.3) is 0 Å². The zero-order valence-corrected chi connectivity index (χ0v) is 14.0. The average Bonchev–Trinajstić information content (AvgIpc) is 3.07. The van der Waals surface area contributed by atoms with Gasteiger partial charge in [-0.2, -0.15) is 0 Å². The van der Waals surface area contributed by atoms with Crippen LogP contribution in [-0.4, -0.2) is 19.8 Å². The quantitative estimate of drug-likeness (QED) is 0.567. The minimum Gasteiger partial charge on any atom is -0.494 e. The van der Waals surface area contributed by atoms with Crippen LogP contribution in [0.2, 0.25) is 0 Å². The van der Waals surface area contributed by atoms with Crippen LogP contribution in [0.3, 0.4) is 0 Å². The Labute approximate surface area is 140 Å². The highest BCUT2D eigenvalue weighted by atomic mass is 16.3. The highest BCUT2D eigenvalue weighted by molar-refractivity contribution is 5.95. The van der Waals surface area contributed by atoms with E-state index in [9.17, 15) is 10.2 Å². The molecule has 24 heavy (non-hydrogen) atoms. The summed E-state index contributed by atoms with van der Waals surface area (Å²) >= 11 is 0. The van der Waals surface area contributed by atoms with Crippen molar-refractivity contribution in [3.05, 3.63) is 35.4 Å². The summed E-state index contributed by atoms with van der Waals surface area (Å²) in [6.07, 6.45) is 3.37. The van der Waals surface area contributed by atoms with Crippen molar-refractivity contribution in [1.29, 1.82) is 0 Å². The molecule has 124 valence electrons. The van der Waals surface area contributed by atoms with Crippen LogP contribution in [0.5, 0.6) is 11.8 Å². The molecule has 2 aromatic heterocycles. The number of aromatic nitrogens is 2. The van der Waals surface area contributed by atoms with Gasteiger partial charge in [-0.25, -0.2) is 0 Å². The number of H-pyrrole nitrogens is 1. The van der Waals surface area contributed by atoms with Crippen LogP contribution in [0.1, 0.15) is 49.1 Å². The van der Waals surface area contributed by atoms with Gasteiger partial charge in [-0.1, -0.05) is 31.5 Å². The SMILES string of the molecule is CC1CCC2c3c(c(O)n(C)c3O)-c3[nH]c4ccccc4c3C2C1. The molecule has 3 aromatic rings. The number of aromatic amines is 1. The van der Waals surface area contributed by atoms with Crippen molar-refractivity contribution in [2.45, 2.75) is 38.0 Å². The topological polar surface area (TPSA) is 61.2 Å². The smallest absolute Gasteiger partial charge is 0.203 e. The molecule has 0 amide bonds. The first-order valence-electron chi connectivity index (χ1n) is 8.79. The fourth-order valence-corrected chi connectivity index (χ4v) is 5.07. The number of hydrogen-bond donors (Lipinski definition) is 3. The minimum absolute atomic E-state index is 0.160. The largest absolute Gasteiger partial charge is 0.494 e. The molecule has 0 bridgehead atoms. The van der Waals surface area contributed by atoms with Crippen molar-refractivity contribution < 1.29 is 10.2 Å². The fraction of sp³-hybridized carbons (Fsp3) is 0.400. The molecule has 0 spiro atoms. The van der Waals surface area contributed by atoms with Crippen LogP contribution in [-0.2, 0) is 7.05 Å². The van der Waals surface area contributed by atoms with Gasteiger partial charge in [0.2, 0.25) is 5.88 Å². The number of para-hydroxylation sites is 1. The molecule has 5 rings (SSSR count). The molecule has 3 N–H and O–H groups in total. The van der Waals surface area contributed by atoms with Crippen molar-refractivity contribution in [1.82, 2.24) is 9.55 Å². The summed E-state index contributed by atoms with van der Waals surface area (Å²) in [6, 6.07) is 8.38. The van der Waals surface area contributed by atoms with E-state index in [0.717, 1.165) is 35.2 Å². The lowest BCUT2D eigenvalue weighted by Crippen LogP contribution is -2.24. The van der Waals surface area contributed by atoms with Gasteiger partial charge in [-0.05, 0) is 42.2 Å². The normalized spacial score (nSPS) is 25.3. The molecular formula is C20H22N2O2. The minimum atomic E-state index is 0.160. The summed E-state index contributed by atoms with van der Waals surface area (Å²) in [4.78, 5) is 3.52. The molecule has 4 nitrogen and oxygen atoms in total. The maximum Gasteiger partial charge on any atom is 0.203 e. The Morgan fingerprint density at radius 2 is 1.83 bits per heavy atom. The second-order valence-corrected chi connectivity index (χ2v) is 7.59. The van der Waals surface area contributed by atoms with Gasteiger partial charge in [-0.3, -0.25) is 4.57 Å². The van der Waals surface area contributed by atoms with E-state index in [-0.39, 0.29) is 17.7 Å². The van der Waals surface area contributed by atoms with Gasteiger partial charge in [0, 0.05) is 23.5 Å². The van der Waals surface area contributed by atoms with E-state index < -0.39 is 0 Å². The number of nitrogens with zero attached hydrogens (tertiary/aromatic N) is 1. The van der Waals surface area contributed by atoms with Crippen LogP contribution in [0.4, 0.5) is 0 Å². The standard InChI is InChI=1S/C20H22N2O2/c1-10-7-8-11-13(9-10)15-12-5-3-4-6-14(12)21-18(15)17-16(11)19(23)22(2)20(17)24/h3-6,10-11,13,21,23-24H,7-9H2,1-2H3. The van der Waals surface area contributed by atoms with E-state index >= 15 is 0 Å². The maximum absolute atomic E-state index is 10.7. The third kappa shape index (κ3) is 1.58. The van der Waals surface area contributed by atoms with Crippen molar-refractivity contribution in [2.24, 2.45) is 13.0 Å². The Morgan fingerprint density at radius 1 is 1.04 bits per heavy atom. The Balaban J connectivity index is 1.89. The van der Waals surface area contributed by atoms with Crippen LogP contribution in [0.25, 0.3) is 22.2 Å². The van der Waals surface area contributed by atoms with Gasteiger partial charge in [0.1, 0.15) is 0 Å². The number of aromatic hydroxyl groups is 2. The zero-order chi connectivity index (χ0) is 16.6. The number of fused-ring (bicyclic) bond motifs is 8. The van der Waals surface area contributed by atoms with Gasteiger partial charge in [-0.15, -0.1) is 0 Å². The molecule has 4 heteroatoms. The first-order chi connectivity index (χ1) is 11.6. The summed E-state index contributed by atoms with van der Waals surface area (Å²) in [5, 5.41) is 22.6. The number of nitrogens with one attached hydrogen (secondary N) is 1. The number of rotatable bonds is 0. The monoisotopic (exact) mass is 322 g/mol. The van der Waals surface area contributed by atoms with Crippen LogP contribution < -0.4 is 0 Å². The third-order valence-electron chi connectivity index (χ3n) is 6.22. The van der Waals surface area contributed by atoms with E-state index in [1.165, 1.54) is 21.9 Å². The fourth-order valence-electron chi connectivity index (χ4n) is 5.07. The van der Waals surface area contributed by atoms with E-state index in [1.54, 1.807) is 7.05 Å². The lowest BCUT2D eigenvalue weighted by Gasteiger charge is -2.38. The van der Waals surface area contributed by atoms with Crippen molar-refractivity contribution in [3.63, 3.8) is 0 Å². The van der Waals surface area contributed by atoms with E-state index in [0.29, 0.717) is 11.8 Å². The Bertz CT molecular complexity index is 966. The van der Waals surface area contributed by atoms with E-state index in [4.69, 9.17) is 0 Å². The molecule has 3 unspecified atom stereocenters. The maximum atomic E-state index is 10.7. The number of benzene rings is 1. The van der Waals surface area contributed by atoms with Gasteiger partial charge >= 0.3 is 0 Å². The van der Waals surface area contributed by atoms with Crippen LogP contribution in [0, 0.1) is 5.92 Å². The second kappa shape index (κ2) is 4.59. The summed E-state index contributed by atoms with van der Waals surface area (Å²) < 4.78 is 1.51. The summed E-state index contributed by atoms with van der Waals surface area (Å²) in [5.74, 6) is 1.76. The lowest BCUT2D eigenvalue weighted by atomic mass is 9.65.